The lowest BCUT2D eigenvalue weighted by atomic mass is 9.97. The number of halogens is 1. The molecule has 0 aliphatic carbocycles. The molecule has 1 atom stereocenters. The number of nitrogens with one attached hydrogen (secondary N) is 1. The van der Waals surface area contributed by atoms with Crippen LogP contribution in [0.4, 0.5) is 0 Å². The van der Waals surface area contributed by atoms with Crippen molar-refractivity contribution in [3.63, 3.8) is 0 Å². The van der Waals surface area contributed by atoms with Crippen LogP contribution in [0.1, 0.15) is 22.0 Å². The Kier molecular flexibility index (Phi) is 6.05. The second-order valence-electron chi connectivity index (χ2n) is 6.95. The van der Waals surface area contributed by atoms with E-state index in [-0.39, 0.29) is 11.9 Å². The van der Waals surface area contributed by atoms with Gasteiger partial charge in [-0.05, 0) is 34.5 Å². The molecular formula is C23H23BrN2O2. The minimum absolute atomic E-state index is 0.0557. The van der Waals surface area contributed by atoms with E-state index >= 15 is 0 Å². The van der Waals surface area contributed by atoms with Crippen molar-refractivity contribution >= 4 is 32.6 Å². The Morgan fingerprint density at radius 3 is 2.61 bits per heavy atom. The summed E-state index contributed by atoms with van der Waals surface area (Å²) in [5, 5.41) is 5.60. The van der Waals surface area contributed by atoms with E-state index < -0.39 is 0 Å². The molecule has 1 N–H and O–H groups in total. The molecule has 4 rings (SSSR count). The Labute approximate surface area is 173 Å². The van der Waals surface area contributed by atoms with Gasteiger partial charge in [-0.1, -0.05) is 64.5 Å². The van der Waals surface area contributed by atoms with Gasteiger partial charge in [-0.15, -0.1) is 0 Å². The molecule has 1 fully saturated rings. The number of fused-ring (bicyclic) bond motifs is 1. The number of benzene rings is 3. The van der Waals surface area contributed by atoms with Crippen molar-refractivity contribution in [2.45, 2.75) is 6.04 Å². The SMILES string of the molecule is O=C(NCC(c1cccc2ccccc12)N1CCOCC1)c1cccc(Br)c1. The largest absolute Gasteiger partial charge is 0.379 e. The summed E-state index contributed by atoms with van der Waals surface area (Å²) in [4.78, 5) is 15.1. The zero-order valence-electron chi connectivity index (χ0n) is 15.6. The minimum atomic E-state index is -0.0557. The van der Waals surface area contributed by atoms with E-state index in [9.17, 15) is 4.79 Å². The maximum Gasteiger partial charge on any atom is 0.251 e. The van der Waals surface area contributed by atoms with Crippen molar-refractivity contribution in [2.24, 2.45) is 0 Å². The molecule has 1 saturated heterocycles. The molecule has 1 unspecified atom stereocenters. The highest BCUT2D eigenvalue weighted by Gasteiger charge is 2.24. The molecule has 1 heterocycles. The van der Waals surface area contributed by atoms with Gasteiger partial charge in [0.15, 0.2) is 0 Å². The molecule has 0 saturated carbocycles. The lowest BCUT2D eigenvalue weighted by molar-refractivity contribution is 0.0165. The molecule has 5 heteroatoms. The molecule has 0 aromatic heterocycles. The number of hydrogen-bond acceptors (Lipinski definition) is 3. The van der Waals surface area contributed by atoms with Crippen molar-refractivity contribution in [3.8, 4) is 0 Å². The van der Waals surface area contributed by atoms with Gasteiger partial charge in [0, 0.05) is 29.7 Å². The Morgan fingerprint density at radius 1 is 1.04 bits per heavy atom. The minimum Gasteiger partial charge on any atom is -0.379 e. The fourth-order valence-corrected chi connectivity index (χ4v) is 4.19. The van der Waals surface area contributed by atoms with E-state index in [0.29, 0.717) is 12.1 Å². The maximum atomic E-state index is 12.7. The monoisotopic (exact) mass is 438 g/mol. The van der Waals surface area contributed by atoms with Crippen molar-refractivity contribution in [1.29, 1.82) is 0 Å². The lowest BCUT2D eigenvalue weighted by Gasteiger charge is -2.35. The number of carbonyl (C=O) groups is 1. The van der Waals surface area contributed by atoms with E-state index in [0.717, 1.165) is 30.8 Å². The molecule has 144 valence electrons. The first-order valence-electron chi connectivity index (χ1n) is 9.55. The number of rotatable bonds is 5. The van der Waals surface area contributed by atoms with E-state index in [1.807, 2.05) is 24.3 Å². The van der Waals surface area contributed by atoms with E-state index in [2.05, 4.69) is 68.6 Å². The average Bonchev–Trinajstić information content (AvgIpc) is 2.74. The predicted octanol–water partition coefficient (Wildman–Crippen LogP) is 4.41. The van der Waals surface area contributed by atoms with Crippen LogP contribution in [0.5, 0.6) is 0 Å². The number of amides is 1. The number of ether oxygens (including phenoxy) is 1. The first kappa shape index (κ1) is 19.1. The van der Waals surface area contributed by atoms with Crippen LogP contribution in [0.2, 0.25) is 0 Å². The topological polar surface area (TPSA) is 41.6 Å². The van der Waals surface area contributed by atoms with E-state index in [4.69, 9.17) is 4.74 Å². The Morgan fingerprint density at radius 2 is 1.79 bits per heavy atom. The number of hydrogen-bond donors (Lipinski definition) is 1. The molecule has 1 amide bonds. The van der Waals surface area contributed by atoms with Crippen LogP contribution >= 0.6 is 15.9 Å². The zero-order valence-corrected chi connectivity index (χ0v) is 17.2. The zero-order chi connectivity index (χ0) is 19.3. The number of carbonyl (C=O) groups excluding carboxylic acids is 1. The van der Waals surface area contributed by atoms with Crippen LogP contribution in [0.15, 0.2) is 71.2 Å². The summed E-state index contributed by atoms with van der Waals surface area (Å²) < 4.78 is 6.45. The van der Waals surface area contributed by atoms with Crippen LogP contribution in [0.3, 0.4) is 0 Å². The molecule has 1 aliphatic rings. The molecule has 1 aliphatic heterocycles. The summed E-state index contributed by atoms with van der Waals surface area (Å²) >= 11 is 3.43. The first-order valence-corrected chi connectivity index (χ1v) is 10.3. The third-order valence-electron chi connectivity index (χ3n) is 5.21. The van der Waals surface area contributed by atoms with Gasteiger partial charge in [0.05, 0.1) is 19.3 Å². The van der Waals surface area contributed by atoms with Crippen LogP contribution in [0.25, 0.3) is 10.8 Å². The summed E-state index contributed by atoms with van der Waals surface area (Å²) in [6, 6.07) is 22.4. The molecular weight excluding hydrogens is 416 g/mol. The highest BCUT2D eigenvalue weighted by atomic mass is 79.9. The predicted molar refractivity (Wildman–Crippen MR) is 116 cm³/mol. The summed E-state index contributed by atoms with van der Waals surface area (Å²) in [7, 11) is 0. The van der Waals surface area contributed by atoms with Crippen molar-refractivity contribution in [2.75, 3.05) is 32.8 Å². The van der Waals surface area contributed by atoms with E-state index in [1.165, 1.54) is 16.3 Å². The van der Waals surface area contributed by atoms with Crippen LogP contribution in [-0.2, 0) is 4.74 Å². The highest BCUT2D eigenvalue weighted by molar-refractivity contribution is 9.10. The fraction of sp³-hybridized carbons (Fsp3) is 0.261. The van der Waals surface area contributed by atoms with Gasteiger partial charge >= 0.3 is 0 Å². The second kappa shape index (κ2) is 8.86. The van der Waals surface area contributed by atoms with Gasteiger partial charge in [0.1, 0.15) is 0 Å². The molecule has 0 bridgehead atoms. The van der Waals surface area contributed by atoms with Gasteiger partial charge in [-0.3, -0.25) is 9.69 Å². The van der Waals surface area contributed by atoms with Gasteiger partial charge in [0.25, 0.3) is 5.91 Å². The second-order valence-corrected chi connectivity index (χ2v) is 7.87. The third-order valence-corrected chi connectivity index (χ3v) is 5.70. The van der Waals surface area contributed by atoms with Gasteiger partial charge in [-0.25, -0.2) is 0 Å². The van der Waals surface area contributed by atoms with Crippen molar-refractivity contribution in [3.05, 3.63) is 82.3 Å². The molecule has 28 heavy (non-hydrogen) atoms. The van der Waals surface area contributed by atoms with Gasteiger partial charge in [0.2, 0.25) is 0 Å². The summed E-state index contributed by atoms with van der Waals surface area (Å²) in [6.45, 7) is 3.72. The maximum absolute atomic E-state index is 12.7. The molecule has 4 nitrogen and oxygen atoms in total. The molecule has 0 radical (unpaired) electrons. The van der Waals surface area contributed by atoms with Crippen molar-refractivity contribution < 1.29 is 9.53 Å². The van der Waals surface area contributed by atoms with E-state index in [1.54, 1.807) is 0 Å². The van der Waals surface area contributed by atoms with Crippen LogP contribution in [-0.4, -0.2) is 43.7 Å². The van der Waals surface area contributed by atoms with Crippen molar-refractivity contribution in [1.82, 2.24) is 10.2 Å². The summed E-state index contributed by atoms with van der Waals surface area (Å²) in [6.07, 6.45) is 0. The van der Waals surface area contributed by atoms with Gasteiger partial charge in [-0.2, -0.15) is 0 Å². The molecule has 3 aromatic carbocycles. The smallest absolute Gasteiger partial charge is 0.251 e. The summed E-state index contributed by atoms with van der Waals surface area (Å²) in [5.74, 6) is -0.0557. The fourth-order valence-electron chi connectivity index (χ4n) is 3.79. The quantitative estimate of drug-likeness (QED) is 0.641. The highest BCUT2D eigenvalue weighted by Crippen LogP contribution is 2.28. The molecule has 0 spiro atoms. The molecule has 3 aromatic rings. The Balaban J connectivity index is 1.61. The average molecular weight is 439 g/mol. The van der Waals surface area contributed by atoms with Gasteiger partial charge < -0.3 is 10.1 Å². The first-order chi connectivity index (χ1) is 13.7. The number of morpholine rings is 1. The summed E-state index contributed by atoms with van der Waals surface area (Å²) in [5.41, 5.74) is 1.91. The van der Waals surface area contributed by atoms with Crippen LogP contribution < -0.4 is 5.32 Å². The Bertz CT molecular complexity index is 964. The Hall–Kier alpha value is -2.21. The lowest BCUT2D eigenvalue weighted by Crippen LogP contribution is -2.43. The third kappa shape index (κ3) is 4.27. The standard InChI is InChI=1S/C23H23BrN2O2/c24-19-8-3-7-18(15-19)23(27)25-16-22(26-11-13-28-14-12-26)21-10-4-6-17-5-1-2-9-20(17)21/h1-10,15,22H,11-14,16H2,(H,25,27). The number of nitrogens with zero attached hydrogens (tertiary/aromatic N) is 1. The normalized spacial score (nSPS) is 16.0. The van der Waals surface area contributed by atoms with Crippen LogP contribution in [0, 0.1) is 0 Å².